The van der Waals surface area contributed by atoms with Crippen molar-refractivity contribution in [3.63, 3.8) is 0 Å². The summed E-state index contributed by atoms with van der Waals surface area (Å²) in [6.07, 6.45) is 2.90. The Labute approximate surface area is 190 Å². The molecule has 8 nitrogen and oxygen atoms in total. The topological polar surface area (TPSA) is 122 Å². The summed E-state index contributed by atoms with van der Waals surface area (Å²) in [5.41, 5.74) is 6.41. The predicted molar refractivity (Wildman–Crippen MR) is 123 cm³/mol. The lowest BCUT2D eigenvalue weighted by Gasteiger charge is -2.26. The molecule has 1 fully saturated rings. The Hall–Kier alpha value is -1.95. The lowest BCUT2D eigenvalue weighted by molar-refractivity contribution is -0.117. The minimum Gasteiger partial charge on any atom is -0.369 e. The fourth-order valence-electron chi connectivity index (χ4n) is 3.21. The molecule has 0 spiro atoms. The van der Waals surface area contributed by atoms with Crippen molar-refractivity contribution >= 4 is 50.6 Å². The van der Waals surface area contributed by atoms with Gasteiger partial charge in [-0.3, -0.25) is 9.59 Å². The molecule has 1 atom stereocenters. The van der Waals surface area contributed by atoms with Crippen LogP contribution in [0.4, 0.5) is 5.69 Å². The number of rotatable bonds is 8. The van der Waals surface area contributed by atoms with Crippen LogP contribution in [0, 0.1) is 6.92 Å². The quantitative estimate of drug-likeness (QED) is 0.558. The van der Waals surface area contributed by atoms with Gasteiger partial charge in [-0.25, -0.2) is 13.4 Å². The van der Waals surface area contributed by atoms with Crippen LogP contribution in [0.25, 0.3) is 0 Å². The monoisotopic (exact) mass is 482 g/mol. The number of anilines is 1. The molecule has 11 heteroatoms. The molecule has 3 rings (SSSR count). The highest BCUT2D eigenvalue weighted by Gasteiger charge is 2.26. The van der Waals surface area contributed by atoms with Gasteiger partial charge in [0, 0.05) is 23.7 Å². The number of nitrogens with zero attached hydrogens (tertiary/aromatic N) is 2. The van der Waals surface area contributed by atoms with Gasteiger partial charge >= 0.3 is 0 Å². The summed E-state index contributed by atoms with van der Waals surface area (Å²) in [5, 5.41) is 2.33. The number of sulfonamides is 1. The third kappa shape index (κ3) is 6.06. The Morgan fingerprint density at radius 2 is 2.00 bits per heavy atom. The van der Waals surface area contributed by atoms with Crippen LogP contribution in [0.1, 0.15) is 36.8 Å². The van der Waals surface area contributed by atoms with Crippen molar-refractivity contribution < 1.29 is 18.0 Å². The summed E-state index contributed by atoms with van der Waals surface area (Å²) in [5.74, 6) is -0.685. The van der Waals surface area contributed by atoms with Crippen molar-refractivity contribution in [1.82, 2.24) is 9.29 Å². The van der Waals surface area contributed by atoms with Gasteiger partial charge in [0.15, 0.2) is 4.34 Å². The van der Waals surface area contributed by atoms with Crippen LogP contribution >= 0.6 is 23.1 Å². The molecule has 1 unspecified atom stereocenters. The largest absolute Gasteiger partial charge is 0.369 e. The van der Waals surface area contributed by atoms with Crippen LogP contribution in [-0.2, 0) is 26.0 Å². The number of nitrogens with two attached hydrogens (primary N) is 1. The summed E-state index contributed by atoms with van der Waals surface area (Å²) in [6, 6.07) is 6.35. The number of amides is 2. The van der Waals surface area contributed by atoms with E-state index in [1.54, 1.807) is 32.0 Å². The van der Waals surface area contributed by atoms with Crippen molar-refractivity contribution in [2.45, 2.75) is 54.0 Å². The van der Waals surface area contributed by atoms with E-state index in [4.69, 9.17) is 5.73 Å². The van der Waals surface area contributed by atoms with Crippen LogP contribution in [-0.4, -0.2) is 47.9 Å². The third-order valence-electron chi connectivity index (χ3n) is 4.91. The van der Waals surface area contributed by atoms with Crippen molar-refractivity contribution in [1.29, 1.82) is 0 Å². The van der Waals surface area contributed by atoms with E-state index in [9.17, 15) is 18.0 Å². The minimum atomic E-state index is -3.57. The Kier molecular flexibility index (Phi) is 7.73. The molecule has 2 aromatic rings. The average molecular weight is 483 g/mol. The number of carbonyl (C=O) groups excluding carboxylic acids is 2. The van der Waals surface area contributed by atoms with Gasteiger partial charge < -0.3 is 11.1 Å². The molecule has 0 bridgehead atoms. The second-order valence-corrected chi connectivity index (χ2v) is 12.0. The van der Waals surface area contributed by atoms with Crippen molar-refractivity contribution in [2.24, 2.45) is 5.73 Å². The first-order valence-electron chi connectivity index (χ1n) is 9.99. The lowest BCUT2D eigenvalue weighted by Crippen LogP contribution is -2.35. The van der Waals surface area contributed by atoms with E-state index in [1.165, 1.54) is 33.5 Å². The van der Waals surface area contributed by atoms with E-state index >= 15 is 0 Å². The molecule has 0 saturated carbocycles. The molecule has 1 aromatic heterocycles. The van der Waals surface area contributed by atoms with Crippen molar-refractivity contribution in [3.8, 4) is 0 Å². The number of primary amides is 1. The van der Waals surface area contributed by atoms with E-state index in [-0.39, 0.29) is 17.2 Å². The second-order valence-electron chi connectivity index (χ2n) is 7.37. The lowest BCUT2D eigenvalue weighted by atomic mass is 10.2. The average Bonchev–Trinajstić information content (AvgIpc) is 3.06. The summed E-state index contributed by atoms with van der Waals surface area (Å²) in [7, 11) is -3.57. The molecule has 1 saturated heterocycles. The van der Waals surface area contributed by atoms with Gasteiger partial charge in [-0.1, -0.05) is 24.2 Å². The Morgan fingerprint density at radius 1 is 1.29 bits per heavy atom. The molecule has 1 aliphatic heterocycles. The van der Waals surface area contributed by atoms with Gasteiger partial charge in [0.05, 0.1) is 22.3 Å². The van der Waals surface area contributed by atoms with Gasteiger partial charge in [-0.15, -0.1) is 11.3 Å². The van der Waals surface area contributed by atoms with Crippen LogP contribution < -0.4 is 11.1 Å². The molecule has 2 amide bonds. The second kappa shape index (κ2) is 10.1. The van der Waals surface area contributed by atoms with Crippen LogP contribution in [0.3, 0.4) is 0 Å². The Balaban J connectivity index is 1.66. The maximum Gasteiger partial charge on any atom is 0.243 e. The number of hydrogen-bond acceptors (Lipinski definition) is 7. The molecule has 0 radical (unpaired) electrons. The first-order chi connectivity index (χ1) is 14.7. The standard InChI is InChI=1S/C20H26N4O4S3/c1-13-17(12-18(21)25)30-20(22-13)29-14(2)19(26)23-15-7-6-8-16(11-15)31(27,28)24-9-4-3-5-10-24/h6-8,11,14H,3-5,9-10,12H2,1-2H3,(H2,21,25)(H,23,26). The molecule has 31 heavy (non-hydrogen) atoms. The maximum absolute atomic E-state index is 12.9. The van der Waals surface area contributed by atoms with Crippen LogP contribution in [0.15, 0.2) is 33.5 Å². The SMILES string of the molecule is Cc1nc(SC(C)C(=O)Nc2cccc(S(=O)(=O)N3CCCCC3)c2)sc1CC(N)=O. The number of thioether (sulfide) groups is 1. The normalized spacial score (nSPS) is 16.1. The third-order valence-corrected chi connectivity index (χ3v) is 9.15. The first-order valence-corrected chi connectivity index (χ1v) is 13.1. The molecule has 1 aromatic carbocycles. The molecular weight excluding hydrogens is 456 g/mol. The summed E-state index contributed by atoms with van der Waals surface area (Å²) >= 11 is 2.63. The number of aryl methyl sites for hydroxylation is 1. The minimum absolute atomic E-state index is 0.128. The van der Waals surface area contributed by atoms with Crippen molar-refractivity contribution in [3.05, 3.63) is 34.8 Å². The van der Waals surface area contributed by atoms with Gasteiger partial charge in [-0.2, -0.15) is 4.31 Å². The van der Waals surface area contributed by atoms with Gasteiger partial charge in [0.25, 0.3) is 0 Å². The highest BCUT2D eigenvalue weighted by Crippen LogP contribution is 2.31. The number of aromatic nitrogens is 1. The van der Waals surface area contributed by atoms with Gasteiger partial charge in [0.1, 0.15) is 0 Å². The van der Waals surface area contributed by atoms with E-state index in [0.717, 1.165) is 29.8 Å². The smallest absolute Gasteiger partial charge is 0.243 e. The number of thiazole rings is 1. The van der Waals surface area contributed by atoms with Crippen LogP contribution in [0.5, 0.6) is 0 Å². The van der Waals surface area contributed by atoms with E-state index in [0.29, 0.717) is 23.1 Å². The van der Waals surface area contributed by atoms with E-state index in [1.807, 2.05) is 0 Å². The molecular formula is C20H26N4O4S3. The van der Waals surface area contributed by atoms with Crippen molar-refractivity contribution in [2.75, 3.05) is 18.4 Å². The first kappa shape index (κ1) is 23.7. The van der Waals surface area contributed by atoms with E-state index in [2.05, 4.69) is 10.3 Å². The molecule has 1 aliphatic rings. The summed E-state index contributed by atoms with van der Waals surface area (Å²) in [4.78, 5) is 29.2. The molecule has 168 valence electrons. The Bertz CT molecular complexity index is 1060. The number of benzene rings is 1. The summed E-state index contributed by atoms with van der Waals surface area (Å²) < 4.78 is 27.9. The molecule has 2 heterocycles. The highest BCUT2D eigenvalue weighted by atomic mass is 32.2. The zero-order chi connectivity index (χ0) is 22.6. The zero-order valence-corrected chi connectivity index (χ0v) is 19.9. The Morgan fingerprint density at radius 3 is 2.68 bits per heavy atom. The number of carbonyl (C=O) groups is 2. The van der Waals surface area contributed by atoms with Crippen LogP contribution in [0.2, 0.25) is 0 Å². The van der Waals surface area contributed by atoms with Gasteiger partial charge in [0.2, 0.25) is 21.8 Å². The predicted octanol–water partition coefficient (Wildman–Crippen LogP) is 2.77. The highest BCUT2D eigenvalue weighted by molar-refractivity contribution is 8.02. The fourth-order valence-corrected chi connectivity index (χ4v) is 7.16. The van der Waals surface area contributed by atoms with Gasteiger partial charge in [-0.05, 0) is 44.9 Å². The summed E-state index contributed by atoms with van der Waals surface area (Å²) in [6.45, 7) is 4.60. The number of piperidine rings is 1. The zero-order valence-electron chi connectivity index (χ0n) is 17.5. The fraction of sp³-hybridized carbons (Fsp3) is 0.450. The molecule has 3 N–H and O–H groups in total. The maximum atomic E-state index is 12.9. The number of nitrogens with one attached hydrogen (secondary N) is 1. The number of hydrogen-bond donors (Lipinski definition) is 2. The van der Waals surface area contributed by atoms with E-state index < -0.39 is 21.2 Å². The molecule has 0 aliphatic carbocycles.